The van der Waals surface area contributed by atoms with E-state index in [1.165, 1.54) is 19.3 Å². The normalized spacial score (nSPS) is 33.9. The SMILES string of the molecule is CC1(C)C2CCC(C2)C1(C)NC(=O)CNCCCN1CCOCC1.Cl. The van der Waals surface area contributed by atoms with Crippen molar-refractivity contribution in [2.24, 2.45) is 17.3 Å². The van der Waals surface area contributed by atoms with Gasteiger partial charge in [0.2, 0.25) is 5.91 Å². The average Bonchev–Trinajstić information content (AvgIpc) is 3.11. The number of carbonyl (C=O) groups is 1. The van der Waals surface area contributed by atoms with E-state index in [0.29, 0.717) is 12.5 Å². The quantitative estimate of drug-likeness (QED) is 0.671. The Morgan fingerprint density at radius 3 is 2.48 bits per heavy atom. The first-order valence-corrected chi connectivity index (χ1v) is 9.75. The van der Waals surface area contributed by atoms with E-state index < -0.39 is 0 Å². The van der Waals surface area contributed by atoms with E-state index in [9.17, 15) is 4.79 Å². The molecule has 2 bridgehead atoms. The Balaban J connectivity index is 0.00000225. The lowest BCUT2D eigenvalue weighted by Gasteiger charge is -2.48. The molecule has 3 aliphatic rings. The van der Waals surface area contributed by atoms with Gasteiger partial charge in [0.1, 0.15) is 0 Å². The highest BCUT2D eigenvalue weighted by molar-refractivity contribution is 5.85. The molecule has 1 heterocycles. The molecule has 25 heavy (non-hydrogen) atoms. The van der Waals surface area contributed by atoms with Crippen molar-refractivity contribution in [3.8, 4) is 0 Å². The van der Waals surface area contributed by atoms with E-state index in [2.05, 4.69) is 36.3 Å². The van der Waals surface area contributed by atoms with Gasteiger partial charge in [0.05, 0.1) is 19.8 Å². The van der Waals surface area contributed by atoms with Gasteiger partial charge in [-0.3, -0.25) is 9.69 Å². The third-order valence-corrected chi connectivity index (χ3v) is 7.22. The van der Waals surface area contributed by atoms with Crippen LogP contribution < -0.4 is 10.6 Å². The lowest BCUT2D eigenvalue weighted by Crippen LogP contribution is -2.60. The maximum Gasteiger partial charge on any atom is 0.234 e. The smallest absolute Gasteiger partial charge is 0.234 e. The molecule has 2 N–H and O–H groups in total. The summed E-state index contributed by atoms with van der Waals surface area (Å²) in [5, 5.41) is 6.71. The zero-order chi connectivity index (χ0) is 17.2. The summed E-state index contributed by atoms with van der Waals surface area (Å²) in [6.45, 7) is 13.2. The Hall–Kier alpha value is -0.360. The van der Waals surface area contributed by atoms with Crippen molar-refractivity contribution >= 4 is 18.3 Å². The Bertz CT molecular complexity index is 454. The number of hydrogen-bond donors (Lipinski definition) is 2. The van der Waals surface area contributed by atoms with Crippen LogP contribution in [0.1, 0.15) is 46.5 Å². The Labute approximate surface area is 159 Å². The molecule has 1 saturated heterocycles. The average molecular weight is 374 g/mol. The van der Waals surface area contributed by atoms with Crippen molar-refractivity contribution < 1.29 is 9.53 Å². The summed E-state index contributed by atoms with van der Waals surface area (Å²) in [5.74, 6) is 1.58. The third-order valence-electron chi connectivity index (χ3n) is 7.22. The Morgan fingerprint density at radius 1 is 1.16 bits per heavy atom. The molecular weight excluding hydrogens is 338 g/mol. The number of nitrogens with one attached hydrogen (secondary N) is 2. The summed E-state index contributed by atoms with van der Waals surface area (Å²) in [6.07, 6.45) is 4.98. The first-order valence-electron chi connectivity index (χ1n) is 9.75. The Kier molecular flexibility index (Phi) is 7.17. The van der Waals surface area contributed by atoms with Crippen LogP contribution in [0.25, 0.3) is 0 Å². The lowest BCUT2D eigenvalue weighted by atomic mass is 9.64. The number of carbonyl (C=O) groups excluding carboxylic acids is 1. The fraction of sp³-hybridized carbons (Fsp3) is 0.947. The van der Waals surface area contributed by atoms with Crippen LogP contribution >= 0.6 is 12.4 Å². The summed E-state index contributed by atoms with van der Waals surface area (Å²) in [4.78, 5) is 14.9. The molecule has 3 unspecified atom stereocenters. The van der Waals surface area contributed by atoms with Crippen molar-refractivity contribution in [2.45, 2.75) is 52.0 Å². The maximum absolute atomic E-state index is 12.4. The summed E-state index contributed by atoms with van der Waals surface area (Å²) >= 11 is 0. The number of amides is 1. The molecule has 146 valence electrons. The minimum atomic E-state index is -0.0392. The van der Waals surface area contributed by atoms with Crippen molar-refractivity contribution in [3.63, 3.8) is 0 Å². The Morgan fingerprint density at radius 2 is 1.84 bits per heavy atom. The van der Waals surface area contributed by atoms with Crippen LogP contribution in [0.2, 0.25) is 0 Å². The number of rotatable bonds is 7. The van der Waals surface area contributed by atoms with Crippen LogP contribution in [-0.2, 0) is 9.53 Å². The molecule has 0 aromatic heterocycles. The molecule has 6 heteroatoms. The second-order valence-corrected chi connectivity index (χ2v) is 8.66. The van der Waals surface area contributed by atoms with Crippen molar-refractivity contribution in [1.29, 1.82) is 0 Å². The van der Waals surface area contributed by atoms with Crippen LogP contribution in [0.4, 0.5) is 0 Å². The largest absolute Gasteiger partial charge is 0.379 e. The molecule has 0 aromatic carbocycles. The van der Waals surface area contributed by atoms with Crippen LogP contribution in [0, 0.1) is 17.3 Å². The van der Waals surface area contributed by atoms with Gasteiger partial charge in [-0.2, -0.15) is 0 Å². The molecule has 0 spiro atoms. The fourth-order valence-corrected chi connectivity index (χ4v) is 5.16. The van der Waals surface area contributed by atoms with E-state index in [0.717, 1.165) is 51.7 Å². The van der Waals surface area contributed by atoms with Gasteiger partial charge in [-0.25, -0.2) is 0 Å². The zero-order valence-electron chi connectivity index (χ0n) is 16.1. The number of halogens is 1. The molecule has 0 radical (unpaired) electrons. The minimum Gasteiger partial charge on any atom is -0.379 e. The van der Waals surface area contributed by atoms with Crippen LogP contribution in [0.3, 0.4) is 0 Å². The minimum absolute atomic E-state index is 0. The predicted molar refractivity (Wildman–Crippen MR) is 103 cm³/mol. The van der Waals surface area contributed by atoms with Crippen molar-refractivity contribution in [1.82, 2.24) is 15.5 Å². The van der Waals surface area contributed by atoms with Gasteiger partial charge in [0, 0.05) is 18.6 Å². The zero-order valence-corrected chi connectivity index (χ0v) is 16.9. The molecule has 1 aliphatic heterocycles. The molecule has 3 fully saturated rings. The molecule has 2 saturated carbocycles. The molecule has 3 atom stereocenters. The van der Waals surface area contributed by atoms with Crippen LogP contribution in [0.5, 0.6) is 0 Å². The predicted octanol–water partition coefficient (Wildman–Crippen LogP) is 2.05. The molecule has 1 amide bonds. The highest BCUT2D eigenvalue weighted by Crippen LogP contribution is 2.61. The van der Waals surface area contributed by atoms with Crippen molar-refractivity contribution in [3.05, 3.63) is 0 Å². The van der Waals surface area contributed by atoms with E-state index in [-0.39, 0.29) is 29.3 Å². The summed E-state index contributed by atoms with van der Waals surface area (Å²) in [7, 11) is 0. The molecule has 3 rings (SSSR count). The van der Waals surface area contributed by atoms with Crippen LogP contribution in [0.15, 0.2) is 0 Å². The maximum atomic E-state index is 12.4. The van der Waals surface area contributed by atoms with E-state index in [4.69, 9.17) is 4.74 Å². The second-order valence-electron chi connectivity index (χ2n) is 8.66. The monoisotopic (exact) mass is 373 g/mol. The number of ether oxygens (including phenoxy) is 1. The lowest BCUT2D eigenvalue weighted by molar-refractivity contribution is -0.124. The standard InChI is InChI=1S/C19H35N3O2.ClH/c1-18(2)15-5-6-16(13-15)19(18,3)21-17(23)14-20-7-4-8-22-9-11-24-12-10-22;/h15-16,20H,4-14H2,1-3H3,(H,21,23);1H. The van der Waals surface area contributed by atoms with Gasteiger partial charge in [-0.1, -0.05) is 13.8 Å². The van der Waals surface area contributed by atoms with E-state index >= 15 is 0 Å². The van der Waals surface area contributed by atoms with E-state index in [1.807, 2.05) is 0 Å². The van der Waals surface area contributed by atoms with Crippen LogP contribution in [-0.4, -0.2) is 62.3 Å². The topological polar surface area (TPSA) is 53.6 Å². The number of hydrogen-bond acceptors (Lipinski definition) is 4. The first kappa shape index (κ1) is 20.9. The molecular formula is C19H36ClN3O2. The molecule has 2 aliphatic carbocycles. The highest BCUT2D eigenvalue weighted by Gasteiger charge is 2.60. The second kappa shape index (κ2) is 8.55. The van der Waals surface area contributed by atoms with E-state index in [1.54, 1.807) is 0 Å². The first-order chi connectivity index (χ1) is 11.4. The number of fused-ring (bicyclic) bond motifs is 2. The highest BCUT2D eigenvalue weighted by atomic mass is 35.5. The summed E-state index contributed by atoms with van der Waals surface area (Å²) < 4.78 is 5.36. The summed E-state index contributed by atoms with van der Waals surface area (Å²) in [6, 6.07) is 0. The van der Waals surface area contributed by atoms with Gasteiger partial charge in [0.25, 0.3) is 0 Å². The number of nitrogens with zero attached hydrogens (tertiary/aromatic N) is 1. The molecule has 5 nitrogen and oxygen atoms in total. The van der Waals surface area contributed by atoms with Crippen molar-refractivity contribution in [2.75, 3.05) is 45.9 Å². The fourth-order valence-electron chi connectivity index (χ4n) is 5.16. The van der Waals surface area contributed by atoms with Gasteiger partial charge in [-0.05, 0) is 62.9 Å². The van der Waals surface area contributed by atoms with Gasteiger partial charge >= 0.3 is 0 Å². The molecule has 0 aromatic rings. The third kappa shape index (κ3) is 4.32. The number of morpholine rings is 1. The summed E-state index contributed by atoms with van der Waals surface area (Å²) in [5.41, 5.74) is 0.171. The van der Waals surface area contributed by atoms with Gasteiger partial charge in [-0.15, -0.1) is 12.4 Å². The van der Waals surface area contributed by atoms with Gasteiger partial charge in [0.15, 0.2) is 0 Å². The van der Waals surface area contributed by atoms with Gasteiger partial charge < -0.3 is 15.4 Å².